The summed E-state index contributed by atoms with van der Waals surface area (Å²) < 4.78 is 27.6. The maximum absolute atomic E-state index is 12.4. The number of rotatable bonds is 5. The Bertz CT molecular complexity index is 556. The van der Waals surface area contributed by atoms with E-state index in [4.69, 9.17) is 5.73 Å². The minimum absolute atomic E-state index is 0.229. The van der Waals surface area contributed by atoms with Crippen molar-refractivity contribution >= 4 is 15.7 Å². The molecule has 2 rings (SSSR count). The zero-order valence-electron chi connectivity index (χ0n) is 12.9. The van der Waals surface area contributed by atoms with Crippen LogP contribution in [0.5, 0.6) is 0 Å². The monoisotopic (exact) mass is 310 g/mol. The Hall–Kier alpha value is -1.07. The topological polar surface area (TPSA) is 72.2 Å². The van der Waals surface area contributed by atoms with Gasteiger partial charge in [0.1, 0.15) is 4.90 Å². The van der Waals surface area contributed by atoms with Crippen LogP contribution in [0.15, 0.2) is 23.1 Å². The molecular formula is C16H26N2O2S. The number of nitrogens with two attached hydrogens (primary N) is 1. The Morgan fingerprint density at radius 3 is 2.38 bits per heavy atom. The summed E-state index contributed by atoms with van der Waals surface area (Å²) in [7, 11) is -3.52. The molecule has 0 unspecified atom stereocenters. The van der Waals surface area contributed by atoms with Crippen molar-refractivity contribution in [2.24, 2.45) is 11.8 Å². The molecule has 1 saturated carbocycles. The number of sulfonamides is 1. The highest BCUT2D eigenvalue weighted by Crippen LogP contribution is 2.30. The molecule has 1 aliphatic carbocycles. The fourth-order valence-electron chi connectivity index (χ4n) is 3.19. The van der Waals surface area contributed by atoms with Gasteiger partial charge in [-0.05, 0) is 43.2 Å². The van der Waals surface area contributed by atoms with Crippen LogP contribution in [0, 0.1) is 18.8 Å². The number of nitrogens with one attached hydrogen (secondary N) is 1. The lowest BCUT2D eigenvalue weighted by molar-refractivity contribution is 0.270. The van der Waals surface area contributed by atoms with E-state index >= 15 is 0 Å². The van der Waals surface area contributed by atoms with E-state index in [1.54, 1.807) is 25.1 Å². The van der Waals surface area contributed by atoms with Gasteiger partial charge >= 0.3 is 0 Å². The standard InChI is InChI=1S/C16H26N2O2S/c1-3-13-7-9-14(10-8-13)11-18-21(19,20)16-12(2)5-4-6-15(16)17/h4-6,13-14,18H,3,7-11,17H2,1-2H3. The third kappa shape index (κ3) is 3.98. The van der Waals surface area contributed by atoms with Crippen molar-refractivity contribution in [1.29, 1.82) is 0 Å². The molecule has 0 saturated heterocycles. The molecule has 4 nitrogen and oxygen atoms in total. The third-order valence-corrected chi connectivity index (χ3v) is 6.26. The SMILES string of the molecule is CCC1CCC(CNS(=O)(=O)c2c(C)cccc2N)CC1. The summed E-state index contributed by atoms with van der Waals surface area (Å²) in [6.45, 7) is 4.53. The molecule has 3 N–H and O–H groups in total. The molecule has 0 amide bonds. The molecule has 1 aliphatic rings. The zero-order chi connectivity index (χ0) is 15.5. The Morgan fingerprint density at radius 2 is 1.81 bits per heavy atom. The van der Waals surface area contributed by atoms with Crippen molar-refractivity contribution in [3.8, 4) is 0 Å². The van der Waals surface area contributed by atoms with Crippen LogP contribution >= 0.6 is 0 Å². The van der Waals surface area contributed by atoms with Crippen molar-refractivity contribution in [1.82, 2.24) is 4.72 Å². The smallest absolute Gasteiger partial charge is 0.242 e. The number of anilines is 1. The summed E-state index contributed by atoms with van der Waals surface area (Å²) in [6.07, 6.45) is 5.90. The van der Waals surface area contributed by atoms with E-state index < -0.39 is 10.0 Å². The van der Waals surface area contributed by atoms with E-state index in [1.165, 1.54) is 19.3 Å². The maximum atomic E-state index is 12.4. The first kappa shape index (κ1) is 16.3. The Balaban J connectivity index is 1.99. The van der Waals surface area contributed by atoms with Gasteiger partial charge in [-0.25, -0.2) is 13.1 Å². The summed E-state index contributed by atoms with van der Waals surface area (Å²) in [5, 5.41) is 0. The van der Waals surface area contributed by atoms with Crippen molar-refractivity contribution in [3.63, 3.8) is 0 Å². The lowest BCUT2D eigenvalue weighted by atomic mass is 9.81. The number of nitrogen functional groups attached to an aromatic ring is 1. The highest BCUT2D eigenvalue weighted by molar-refractivity contribution is 7.89. The van der Waals surface area contributed by atoms with Crippen molar-refractivity contribution in [2.75, 3.05) is 12.3 Å². The van der Waals surface area contributed by atoms with Crippen molar-refractivity contribution in [2.45, 2.75) is 50.8 Å². The molecule has 0 spiro atoms. The molecule has 0 bridgehead atoms. The summed E-state index contributed by atoms with van der Waals surface area (Å²) in [6, 6.07) is 5.18. The van der Waals surface area contributed by atoms with Crippen molar-refractivity contribution in [3.05, 3.63) is 23.8 Å². The predicted molar refractivity (Wildman–Crippen MR) is 86.5 cm³/mol. The van der Waals surface area contributed by atoms with Crippen LogP contribution in [0.2, 0.25) is 0 Å². The highest BCUT2D eigenvalue weighted by atomic mass is 32.2. The first-order valence-corrected chi connectivity index (χ1v) is 9.27. The van der Waals surface area contributed by atoms with Gasteiger partial charge in [0.15, 0.2) is 0 Å². The van der Waals surface area contributed by atoms with E-state index in [1.807, 2.05) is 0 Å². The molecule has 1 aromatic carbocycles. The number of hydrogen-bond acceptors (Lipinski definition) is 3. The van der Waals surface area contributed by atoms with Gasteiger partial charge in [-0.1, -0.05) is 38.3 Å². The van der Waals surface area contributed by atoms with E-state index in [9.17, 15) is 8.42 Å². The van der Waals surface area contributed by atoms with Gasteiger partial charge in [0, 0.05) is 6.54 Å². The fourth-order valence-corrected chi connectivity index (χ4v) is 4.66. The molecule has 0 aromatic heterocycles. The summed E-state index contributed by atoms with van der Waals surface area (Å²) in [5.74, 6) is 1.28. The van der Waals surface area contributed by atoms with Crippen LogP contribution in [0.4, 0.5) is 5.69 Å². The fraction of sp³-hybridized carbons (Fsp3) is 0.625. The Labute approximate surface area is 128 Å². The van der Waals surface area contributed by atoms with Crippen molar-refractivity contribution < 1.29 is 8.42 Å². The first-order valence-electron chi connectivity index (χ1n) is 7.78. The number of hydrogen-bond donors (Lipinski definition) is 2. The zero-order valence-corrected chi connectivity index (χ0v) is 13.7. The normalized spacial score (nSPS) is 23.1. The molecule has 1 fully saturated rings. The van der Waals surface area contributed by atoms with Gasteiger partial charge < -0.3 is 5.73 Å². The molecular weight excluding hydrogens is 284 g/mol. The lowest BCUT2D eigenvalue weighted by Gasteiger charge is -2.27. The van der Waals surface area contributed by atoms with E-state index in [-0.39, 0.29) is 4.90 Å². The average Bonchev–Trinajstić information content (AvgIpc) is 2.45. The summed E-state index contributed by atoms with van der Waals surface area (Å²) in [4.78, 5) is 0.229. The van der Waals surface area contributed by atoms with Gasteiger partial charge in [-0.2, -0.15) is 0 Å². The Morgan fingerprint density at radius 1 is 1.19 bits per heavy atom. The largest absolute Gasteiger partial charge is 0.398 e. The molecule has 0 atom stereocenters. The van der Waals surface area contributed by atoms with Crippen LogP contribution in [-0.4, -0.2) is 15.0 Å². The average molecular weight is 310 g/mol. The van der Waals surface area contributed by atoms with Gasteiger partial charge in [0.2, 0.25) is 10.0 Å². The Kier molecular flexibility index (Phi) is 5.27. The number of aryl methyl sites for hydroxylation is 1. The van der Waals surface area contributed by atoms with Gasteiger partial charge in [-0.15, -0.1) is 0 Å². The second kappa shape index (κ2) is 6.79. The first-order chi connectivity index (χ1) is 9.94. The summed E-state index contributed by atoms with van der Waals surface area (Å²) >= 11 is 0. The predicted octanol–water partition coefficient (Wildman–Crippen LogP) is 3.07. The van der Waals surface area contributed by atoms with Crippen LogP contribution in [0.25, 0.3) is 0 Å². The second-order valence-electron chi connectivity index (χ2n) is 6.14. The molecule has 118 valence electrons. The third-order valence-electron chi connectivity index (χ3n) is 4.62. The molecule has 1 aromatic rings. The minimum atomic E-state index is -3.52. The van der Waals surface area contributed by atoms with Crippen LogP contribution in [0.3, 0.4) is 0 Å². The van der Waals surface area contributed by atoms with Gasteiger partial charge in [-0.3, -0.25) is 0 Å². The molecule has 0 aliphatic heterocycles. The van der Waals surface area contributed by atoms with Gasteiger partial charge in [0.25, 0.3) is 0 Å². The lowest BCUT2D eigenvalue weighted by Crippen LogP contribution is -2.32. The summed E-state index contributed by atoms with van der Waals surface area (Å²) in [5.41, 5.74) is 6.84. The molecule has 5 heteroatoms. The number of benzene rings is 1. The minimum Gasteiger partial charge on any atom is -0.398 e. The highest BCUT2D eigenvalue weighted by Gasteiger charge is 2.24. The van der Waals surface area contributed by atoms with Crippen LogP contribution in [-0.2, 0) is 10.0 Å². The quantitative estimate of drug-likeness (QED) is 0.821. The van der Waals surface area contributed by atoms with E-state index in [0.717, 1.165) is 18.8 Å². The second-order valence-corrected chi connectivity index (χ2v) is 7.84. The van der Waals surface area contributed by atoms with Gasteiger partial charge in [0.05, 0.1) is 5.69 Å². The van der Waals surface area contributed by atoms with E-state index in [2.05, 4.69) is 11.6 Å². The maximum Gasteiger partial charge on any atom is 0.242 e. The van der Waals surface area contributed by atoms with E-state index in [0.29, 0.717) is 23.7 Å². The molecule has 0 radical (unpaired) electrons. The molecule has 0 heterocycles. The van der Waals surface area contributed by atoms with Crippen LogP contribution < -0.4 is 10.5 Å². The molecule has 21 heavy (non-hydrogen) atoms. The van der Waals surface area contributed by atoms with Crippen LogP contribution in [0.1, 0.15) is 44.6 Å².